The lowest BCUT2D eigenvalue weighted by Gasteiger charge is -2.27. The number of hydrogen-bond donors (Lipinski definition) is 0. The van der Waals surface area contributed by atoms with E-state index >= 15 is 0 Å². The van der Waals surface area contributed by atoms with E-state index in [-0.39, 0.29) is 12.1 Å². The van der Waals surface area contributed by atoms with Crippen LogP contribution in [-0.4, -0.2) is 46.4 Å². The van der Waals surface area contributed by atoms with Gasteiger partial charge >= 0.3 is 0 Å². The number of nitrogens with zero attached hydrogens (tertiary/aromatic N) is 7. The highest BCUT2D eigenvalue weighted by molar-refractivity contribution is 8.14. The van der Waals surface area contributed by atoms with Gasteiger partial charge in [-0.15, -0.1) is 10.2 Å². The molecule has 0 spiro atoms. The van der Waals surface area contributed by atoms with Crippen LogP contribution in [0.4, 0.5) is 0 Å². The topological polar surface area (TPSA) is 64.1 Å². The molecule has 0 N–H and O–H groups in total. The van der Waals surface area contributed by atoms with Crippen molar-refractivity contribution in [3.63, 3.8) is 0 Å². The minimum absolute atomic E-state index is 0.0102. The molecule has 0 aliphatic carbocycles. The maximum Gasteiger partial charge on any atom is 0.160 e. The normalized spacial score (nSPS) is 24.3. The molecule has 8 heteroatoms. The van der Waals surface area contributed by atoms with Crippen LogP contribution in [0.2, 0.25) is 0 Å². The van der Waals surface area contributed by atoms with Gasteiger partial charge in [0.25, 0.3) is 0 Å². The Bertz CT molecular complexity index is 993. The number of hydrogen-bond acceptors (Lipinski definition) is 6. The molecule has 0 amide bonds. The van der Waals surface area contributed by atoms with Crippen LogP contribution >= 0.6 is 11.8 Å². The Labute approximate surface area is 162 Å². The Hall–Kier alpha value is -2.61. The summed E-state index contributed by atoms with van der Waals surface area (Å²) in [6.07, 6.45) is 5.31. The van der Waals surface area contributed by atoms with E-state index in [0.29, 0.717) is 5.25 Å². The van der Waals surface area contributed by atoms with Crippen LogP contribution in [0.15, 0.2) is 48.1 Å². The van der Waals surface area contributed by atoms with Gasteiger partial charge in [0.15, 0.2) is 5.17 Å². The monoisotopic (exact) mass is 379 g/mol. The summed E-state index contributed by atoms with van der Waals surface area (Å²) in [5.74, 6) is 0. The lowest BCUT2D eigenvalue weighted by Crippen LogP contribution is -2.29. The fraction of sp³-hybridized carbons (Fsp3) is 0.368. The van der Waals surface area contributed by atoms with Gasteiger partial charge in [0.2, 0.25) is 0 Å². The number of pyridine rings is 1. The van der Waals surface area contributed by atoms with Crippen molar-refractivity contribution in [1.29, 1.82) is 0 Å². The molecule has 0 saturated carbocycles. The van der Waals surface area contributed by atoms with E-state index in [1.165, 1.54) is 11.3 Å². The number of aliphatic imine (C=N–C) groups is 1. The van der Waals surface area contributed by atoms with Crippen LogP contribution < -0.4 is 0 Å². The first-order chi connectivity index (χ1) is 13.1. The van der Waals surface area contributed by atoms with Crippen LogP contribution in [0.1, 0.15) is 41.7 Å². The molecule has 0 aromatic carbocycles. The van der Waals surface area contributed by atoms with Gasteiger partial charge in [0, 0.05) is 34.9 Å². The number of thioether (sulfide) groups is 1. The lowest BCUT2D eigenvalue weighted by atomic mass is 9.96. The van der Waals surface area contributed by atoms with Crippen LogP contribution in [0.25, 0.3) is 0 Å². The van der Waals surface area contributed by atoms with Crippen molar-refractivity contribution in [2.75, 3.05) is 6.54 Å². The summed E-state index contributed by atoms with van der Waals surface area (Å²) in [6.45, 7) is 7.54. The second-order valence-corrected chi connectivity index (χ2v) is 8.52. The van der Waals surface area contributed by atoms with Gasteiger partial charge in [0.05, 0.1) is 11.7 Å². The first-order valence-corrected chi connectivity index (χ1v) is 9.97. The average Bonchev–Trinajstić information content (AvgIpc) is 3.40. The molecular formula is C19H21N7S. The van der Waals surface area contributed by atoms with Crippen LogP contribution in [0, 0.1) is 13.8 Å². The first kappa shape index (κ1) is 16.6. The number of fused-ring (bicyclic) bond motifs is 1. The highest BCUT2D eigenvalue weighted by Gasteiger charge is 2.44. The molecule has 0 unspecified atom stereocenters. The van der Waals surface area contributed by atoms with E-state index in [2.05, 4.69) is 57.7 Å². The zero-order valence-electron chi connectivity index (χ0n) is 15.5. The average molecular weight is 379 g/mol. The molecule has 3 atom stereocenters. The first-order valence-electron chi connectivity index (χ1n) is 9.09. The van der Waals surface area contributed by atoms with Gasteiger partial charge in [-0.3, -0.25) is 14.7 Å². The molecule has 1 fully saturated rings. The maximum atomic E-state index is 5.07. The van der Waals surface area contributed by atoms with E-state index in [1.54, 1.807) is 12.7 Å². The summed E-state index contributed by atoms with van der Waals surface area (Å²) < 4.78 is 4.07. The summed E-state index contributed by atoms with van der Waals surface area (Å²) in [6, 6.07) is 8.51. The molecule has 3 aromatic heterocycles. The molecule has 3 aromatic rings. The van der Waals surface area contributed by atoms with Crippen LogP contribution in [-0.2, 0) is 0 Å². The van der Waals surface area contributed by atoms with Gasteiger partial charge in [-0.05, 0) is 32.0 Å². The lowest BCUT2D eigenvalue weighted by molar-refractivity contribution is 0.319. The molecule has 1 saturated heterocycles. The quantitative estimate of drug-likeness (QED) is 0.700. The minimum atomic E-state index is 0.0102. The SMILES string of the molecule is Cc1cc([C@H]2[C@@H](c3ccccn3)N=C3S[C@@H](C)CN32)c(C)n1-n1cnnc1. The van der Waals surface area contributed by atoms with Crippen molar-refractivity contribution in [2.24, 2.45) is 4.99 Å². The Morgan fingerprint density at radius 2 is 1.96 bits per heavy atom. The smallest absolute Gasteiger partial charge is 0.160 e. The molecule has 138 valence electrons. The number of amidine groups is 1. The second kappa shape index (κ2) is 6.23. The fourth-order valence-corrected chi connectivity index (χ4v) is 5.28. The predicted octanol–water partition coefficient (Wildman–Crippen LogP) is 2.99. The largest absolute Gasteiger partial charge is 0.341 e. The van der Waals surface area contributed by atoms with Crippen LogP contribution in [0.3, 0.4) is 0 Å². The number of aryl methyl sites for hydroxylation is 1. The summed E-state index contributed by atoms with van der Waals surface area (Å²) in [5.41, 5.74) is 4.63. The van der Waals surface area contributed by atoms with Gasteiger partial charge in [0.1, 0.15) is 18.7 Å². The number of aromatic nitrogens is 5. The third-order valence-corrected chi connectivity index (χ3v) is 6.37. The zero-order chi connectivity index (χ0) is 18.5. The maximum absolute atomic E-state index is 5.07. The summed E-state index contributed by atoms with van der Waals surface area (Å²) in [5, 5.41) is 9.61. The molecule has 7 nitrogen and oxygen atoms in total. The Morgan fingerprint density at radius 1 is 1.15 bits per heavy atom. The van der Waals surface area contributed by atoms with Crippen molar-refractivity contribution >= 4 is 16.9 Å². The van der Waals surface area contributed by atoms with E-state index in [0.717, 1.165) is 23.1 Å². The van der Waals surface area contributed by atoms with E-state index < -0.39 is 0 Å². The highest BCUT2D eigenvalue weighted by Crippen LogP contribution is 2.48. The van der Waals surface area contributed by atoms with Gasteiger partial charge < -0.3 is 4.90 Å². The molecule has 2 aliphatic rings. The Kier molecular flexibility index (Phi) is 3.82. The predicted molar refractivity (Wildman–Crippen MR) is 106 cm³/mol. The van der Waals surface area contributed by atoms with Crippen molar-refractivity contribution in [3.05, 3.63) is 65.8 Å². The van der Waals surface area contributed by atoms with Crippen molar-refractivity contribution in [1.82, 2.24) is 29.4 Å². The zero-order valence-corrected chi connectivity index (χ0v) is 16.3. The van der Waals surface area contributed by atoms with Gasteiger partial charge in [-0.25, -0.2) is 4.68 Å². The molecular weight excluding hydrogens is 358 g/mol. The molecule has 5 heterocycles. The minimum Gasteiger partial charge on any atom is -0.341 e. The van der Waals surface area contributed by atoms with Crippen molar-refractivity contribution in [2.45, 2.75) is 38.1 Å². The van der Waals surface area contributed by atoms with E-state index in [1.807, 2.05) is 34.8 Å². The summed E-state index contributed by atoms with van der Waals surface area (Å²) >= 11 is 1.86. The van der Waals surface area contributed by atoms with Crippen molar-refractivity contribution < 1.29 is 0 Å². The third kappa shape index (κ3) is 2.58. The molecule has 0 radical (unpaired) electrons. The number of rotatable bonds is 3. The highest BCUT2D eigenvalue weighted by atomic mass is 32.2. The van der Waals surface area contributed by atoms with E-state index in [4.69, 9.17) is 4.99 Å². The third-order valence-electron chi connectivity index (χ3n) is 5.27. The molecule has 2 aliphatic heterocycles. The standard InChI is InChI=1S/C19H21N7S/c1-12-8-15(14(3)26(12)24-10-21-22-11-24)18-17(16-6-4-5-7-20-16)23-19-25(18)9-13(2)27-19/h4-8,10-11,13,17-18H,9H2,1-3H3/t13-,17+,18-/m0/s1. The second-order valence-electron chi connectivity index (χ2n) is 7.12. The van der Waals surface area contributed by atoms with Gasteiger partial charge in [-0.2, -0.15) is 0 Å². The molecule has 5 rings (SSSR count). The van der Waals surface area contributed by atoms with Crippen LogP contribution in [0.5, 0.6) is 0 Å². The summed E-state index contributed by atoms with van der Waals surface area (Å²) in [4.78, 5) is 12.1. The van der Waals surface area contributed by atoms with E-state index in [9.17, 15) is 0 Å². The Morgan fingerprint density at radius 3 is 2.70 bits per heavy atom. The Balaban J connectivity index is 1.63. The summed E-state index contributed by atoms with van der Waals surface area (Å²) in [7, 11) is 0. The van der Waals surface area contributed by atoms with Gasteiger partial charge in [-0.1, -0.05) is 24.8 Å². The molecule has 27 heavy (non-hydrogen) atoms. The van der Waals surface area contributed by atoms with Crippen molar-refractivity contribution in [3.8, 4) is 0 Å². The fourth-order valence-electron chi connectivity index (χ4n) is 4.18. The molecule has 0 bridgehead atoms.